The highest BCUT2D eigenvalue weighted by Gasteiger charge is 2.41. The SMILES string of the molecule is O=C(O)CC[CH]OOC(=O)C1CC2C=CC1C2. The lowest BCUT2D eigenvalue weighted by Crippen LogP contribution is -2.21. The van der Waals surface area contributed by atoms with Gasteiger partial charge >= 0.3 is 11.9 Å². The Morgan fingerprint density at radius 2 is 2.18 bits per heavy atom. The summed E-state index contributed by atoms with van der Waals surface area (Å²) in [5, 5.41) is 8.38. The molecule has 0 aliphatic heterocycles. The Kier molecular flexibility index (Phi) is 3.78. The quantitative estimate of drug-likeness (QED) is 0.330. The number of rotatable bonds is 6. The Morgan fingerprint density at radius 1 is 1.35 bits per heavy atom. The summed E-state index contributed by atoms with van der Waals surface area (Å²) in [6.45, 7) is 1.20. The molecule has 2 rings (SSSR count). The molecule has 0 aromatic heterocycles. The van der Waals surface area contributed by atoms with Gasteiger partial charge in [0, 0.05) is 6.42 Å². The van der Waals surface area contributed by atoms with Crippen LogP contribution in [-0.2, 0) is 19.4 Å². The average molecular weight is 239 g/mol. The minimum atomic E-state index is -0.908. The summed E-state index contributed by atoms with van der Waals surface area (Å²) in [5.74, 6) is -0.565. The van der Waals surface area contributed by atoms with E-state index in [1.807, 2.05) is 0 Å². The van der Waals surface area contributed by atoms with E-state index >= 15 is 0 Å². The van der Waals surface area contributed by atoms with Crippen LogP contribution >= 0.6 is 0 Å². The van der Waals surface area contributed by atoms with Gasteiger partial charge in [0.25, 0.3) is 0 Å². The fourth-order valence-electron chi connectivity index (χ4n) is 2.43. The van der Waals surface area contributed by atoms with E-state index in [1.54, 1.807) is 0 Å². The molecule has 1 fully saturated rings. The van der Waals surface area contributed by atoms with E-state index < -0.39 is 5.97 Å². The molecular weight excluding hydrogens is 224 g/mol. The summed E-state index contributed by atoms with van der Waals surface area (Å²) >= 11 is 0. The van der Waals surface area contributed by atoms with Gasteiger partial charge in [0.2, 0.25) is 0 Å². The Bertz CT molecular complexity index is 336. The lowest BCUT2D eigenvalue weighted by Gasteiger charge is -2.14. The molecule has 0 spiro atoms. The van der Waals surface area contributed by atoms with E-state index in [0.29, 0.717) is 5.92 Å². The van der Waals surface area contributed by atoms with Crippen LogP contribution in [0.1, 0.15) is 25.7 Å². The smallest absolute Gasteiger partial charge is 0.346 e. The number of allylic oxidation sites excluding steroid dienone is 2. The van der Waals surface area contributed by atoms with E-state index in [4.69, 9.17) is 5.11 Å². The van der Waals surface area contributed by atoms with Crippen LogP contribution < -0.4 is 0 Å². The molecule has 1 saturated carbocycles. The molecule has 1 radical (unpaired) electrons. The molecule has 5 nitrogen and oxygen atoms in total. The first kappa shape index (κ1) is 12.1. The largest absolute Gasteiger partial charge is 0.481 e. The molecule has 0 aromatic rings. The van der Waals surface area contributed by atoms with Crippen LogP contribution in [0, 0.1) is 24.4 Å². The second-order valence-corrected chi connectivity index (χ2v) is 4.48. The molecule has 0 saturated heterocycles. The molecule has 2 aliphatic carbocycles. The first-order chi connectivity index (χ1) is 8.16. The Hall–Kier alpha value is -1.36. The number of carboxylic acids is 1. The van der Waals surface area contributed by atoms with Gasteiger partial charge in [-0.05, 0) is 31.1 Å². The van der Waals surface area contributed by atoms with Crippen LogP contribution in [0.5, 0.6) is 0 Å². The topological polar surface area (TPSA) is 72.8 Å². The minimum absolute atomic E-state index is 0.0333. The molecule has 17 heavy (non-hydrogen) atoms. The van der Waals surface area contributed by atoms with Crippen molar-refractivity contribution in [3.05, 3.63) is 18.8 Å². The first-order valence-electron chi connectivity index (χ1n) is 5.76. The van der Waals surface area contributed by atoms with E-state index in [-0.39, 0.29) is 30.6 Å². The fraction of sp³-hybridized carbons (Fsp3) is 0.583. The standard InChI is InChI=1S/C12H15O5/c13-11(14)2-1-5-16-17-12(15)10-7-8-3-4-9(10)6-8/h3-5,8-10H,1-2,6-7H2,(H,13,14). The molecule has 2 bridgehead atoms. The maximum absolute atomic E-state index is 11.6. The number of hydrogen-bond acceptors (Lipinski definition) is 4. The van der Waals surface area contributed by atoms with Crippen molar-refractivity contribution in [2.24, 2.45) is 17.8 Å². The lowest BCUT2D eigenvalue weighted by molar-refractivity contribution is -0.257. The van der Waals surface area contributed by atoms with Crippen LogP contribution in [0.15, 0.2) is 12.2 Å². The van der Waals surface area contributed by atoms with E-state index in [0.717, 1.165) is 12.8 Å². The van der Waals surface area contributed by atoms with Crippen molar-refractivity contribution < 1.29 is 24.5 Å². The lowest BCUT2D eigenvalue weighted by atomic mass is 9.94. The number of carboxylic acid groups (broad SMARTS) is 1. The number of carbonyl (C=O) groups is 2. The highest BCUT2D eigenvalue weighted by molar-refractivity contribution is 5.73. The zero-order chi connectivity index (χ0) is 12.3. The molecule has 1 N–H and O–H groups in total. The highest BCUT2D eigenvalue weighted by atomic mass is 17.2. The monoisotopic (exact) mass is 239 g/mol. The summed E-state index contributed by atoms with van der Waals surface area (Å²) in [7, 11) is 0. The molecule has 5 heteroatoms. The molecule has 0 amide bonds. The summed E-state index contributed by atoms with van der Waals surface area (Å²) in [6.07, 6.45) is 6.26. The van der Waals surface area contributed by atoms with E-state index in [1.165, 1.54) is 6.61 Å². The van der Waals surface area contributed by atoms with Gasteiger partial charge in [0.1, 0.15) is 6.61 Å². The number of aliphatic carboxylic acids is 1. The van der Waals surface area contributed by atoms with Crippen LogP contribution in [0.2, 0.25) is 0 Å². The first-order valence-corrected chi connectivity index (χ1v) is 5.76. The maximum atomic E-state index is 11.6. The normalized spacial score (nSPS) is 29.5. The Balaban J connectivity index is 1.62. The van der Waals surface area contributed by atoms with Gasteiger partial charge in [-0.3, -0.25) is 9.68 Å². The second-order valence-electron chi connectivity index (χ2n) is 4.48. The summed E-state index contributed by atoms with van der Waals surface area (Å²) in [6, 6.07) is 0. The van der Waals surface area contributed by atoms with Crippen molar-refractivity contribution in [2.75, 3.05) is 0 Å². The zero-order valence-corrected chi connectivity index (χ0v) is 9.37. The molecule has 93 valence electrons. The number of fused-ring (bicyclic) bond motifs is 2. The minimum Gasteiger partial charge on any atom is -0.481 e. The number of hydrogen-bond donors (Lipinski definition) is 1. The van der Waals surface area contributed by atoms with Crippen LogP contribution in [0.25, 0.3) is 0 Å². The van der Waals surface area contributed by atoms with Gasteiger partial charge < -0.3 is 5.11 Å². The van der Waals surface area contributed by atoms with Gasteiger partial charge in [0.05, 0.1) is 5.92 Å². The van der Waals surface area contributed by atoms with Crippen molar-refractivity contribution in [1.82, 2.24) is 0 Å². The van der Waals surface area contributed by atoms with Crippen molar-refractivity contribution in [2.45, 2.75) is 25.7 Å². The Labute approximate surface area is 99.3 Å². The predicted molar refractivity (Wildman–Crippen MR) is 57.2 cm³/mol. The predicted octanol–water partition coefficient (Wildman–Crippen LogP) is 1.70. The maximum Gasteiger partial charge on any atom is 0.346 e. The third-order valence-electron chi connectivity index (χ3n) is 3.26. The van der Waals surface area contributed by atoms with Crippen LogP contribution in [0.3, 0.4) is 0 Å². The molecule has 3 unspecified atom stereocenters. The Morgan fingerprint density at radius 3 is 2.76 bits per heavy atom. The summed E-state index contributed by atoms with van der Waals surface area (Å²) < 4.78 is 0. The second kappa shape index (κ2) is 5.31. The van der Waals surface area contributed by atoms with Crippen molar-refractivity contribution in [1.29, 1.82) is 0 Å². The van der Waals surface area contributed by atoms with Crippen molar-refractivity contribution >= 4 is 11.9 Å². The zero-order valence-electron chi connectivity index (χ0n) is 9.37. The third kappa shape index (κ3) is 3.06. The molecular formula is C12H15O5. The third-order valence-corrected chi connectivity index (χ3v) is 3.26. The molecule has 0 aromatic carbocycles. The molecule has 0 heterocycles. The van der Waals surface area contributed by atoms with E-state index in [2.05, 4.69) is 21.9 Å². The van der Waals surface area contributed by atoms with Gasteiger partial charge in [-0.15, -0.1) is 0 Å². The molecule has 3 atom stereocenters. The average Bonchev–Trinajstić information content (AvgIpc) is 2.89. The van der Waals surface area contributed by atoms with Gasteiger partial charge in [0.15, 0.2) is 0 Å². The fourth-order valence-corrected chi connectivity index (χ4v) is 2.43. The van der Waals surface area contributed by atoms with Crippen molar-refractivity contribution in [3.8, 4) is 0 Å². The van der Waals surface area contributed by atoms with Gasteiger partial charge in [-0.25, -0.2) is 4.79 Å². The van der Waals surface area contributed by atoms with Crippen LogP contribution in [0.4, 0.5) is 0 Å². The van der Waals surface area contributed by atoms with Gasteiger partial charge in [-0.1, -0.05) is 12.2 Å². The van der Waals surface area contributed by atoms with Gasteiger partial charge in [-0.2, -0.15) is 4.89 Å². The highest BCUT2D eigenvalue weighted by Crippen LogP contribution is 2.43. The summed E-state index contributed by atoms with van der Waals surface area (Å²) in [5.41, 5.74) is 0. The number of carbonyl (C=O) groups excluding carboxylic acids is 1. The molecule has 2 aliphatic rings. The van der Waals surface area contributed by atoms with E-state index in [9.17, 15) is 9.59 Å². The van der Waals surface area contributed by atoms with Crippen molar-refractivity contribution in [3.63, 3.8) is 0 Å². The van der Waals surface area contributed by atoms with Crippen LogP contribution in [-0.4, -0.2) is 17.0 Å². The summed E-state index contributed by atoms with van der Waals surface area (Å²) in [4.78, 5) is 31.1.